The molecule has 1 unspecified atom stereocenters. The van der Waals surface area contributed by atoms with Crippen molar-refractivity contribution in [1.82, 2.24) is 20.2 Å². The Kier molecular flexibility index (Phi) is 5.77. The van der Waals surface area contributed by atoms with Crippen molar-refractivity contribution < 1.29 is 19.1 Å². The average molecular weight is 434 g/mol. The molecule has 1 fully saturated rings. The minimum atomic E-state index is -0.117. The Morgan fingerprint density at radius 1 is 1.25 bits per heavy atom. The van der Waals surface area contributed by atoms with Crippen LogP contribution in [0.3, 0.4) is 0 Å². The fraction of sp³-hybridized carbons (Fsp3) is 0.375. The van der Waals surface area contributed by atoms with Crippen molar-refractivity contribution in [2.45, 2.75) is 18.9 Å². The number of rotatable bonds is 6. The summed E-state index contributed by atoms with van der Waals surface area (Å²) in [5, 5.41) is 3.88. The molecule has 0 bridgehead atoms. The third kappa shape index (κ3) is 4.31. The molecule has 2 aromatic heterocycles. The Hall–Kier alpha value is -3.39. The number of aromatic amines is 1. The molecule has 0 saturated carbocycles. The van der Waals surface area contributed by atoms with Gasteiger partial charge in [-0.2, -0.15) is 0 Å². The number of pyridine rings is 1. The third-order valence-electron chi connectivity index (χ3n) is 6.19. The number of ether oxygens (including phenoxy) is 2. The minimum Gasteiger partial charge on any atom is -0.486 e. The molecular weight excluding hydrogens is 408 g/mol. The molecule has 2 aliphatic rings. The molecule has 8 heteroatoms. The normalized spacial score (nSPS) is 19.1. The molecule has 8 nitrogen and oxygen atoms in total. The van der Waals surface area contributed by atoms with E-state index in [0.29, 0.717) is 42.0 Å². The van der Waals surface area contributed by atoms with Gasteiger partial charge in [0.25, 0.3) is 5.91 Å². The molecule has 1 aromatic carbocycles. The van der Waals surface area contributed by atoms with Crippen LogP contribution in [0.1, 0.15) is 33.8 Å². The highest BCUT2D eigenvalue weighted by Gasteiger charge is 2.28. The Balaban J connectivity index is 1.12. The van der Waals surface area contributed by atoms with Crippen LogP contribution < -0.4 is 14.8 Å². The number of nitrogens with one attached hydrogen (secondary N) is 2. The number of fused-ring (bicyclic) bond motifs is 3. The van der Waals surface area contributed by atoms with Crippen molar-refractivity contribution in [2.24, 2.45) is 5.92 Å². The second-order valence-electron chi connectivity index (χ2n) is 8.42. The second kappa shape index (κ2) is 9.00. The molecule has 166 valence electrons. The van der Waals surface area contributed by atoms with Gasteiger partial charge in [-0.3, -0.25) is 19.5 Å². The van der Waals surface area contributed by atoms with Gasteiger partial charge in [0.2, 0.25) is 0 Å². The number of H-pyrrole nitrogens is 1. The smallest absolute Gasteiger partial charge is 0.269 e. The number of aromatic nitrogens is 2. The fourth-order valence-electron chi connectivity index (χ4n) is 4.44. The van der Waals surface area contributed by atoms with Crippen LogP contribution in [-0.2, 0) is 0 Å². The van der Waals surface area contributed by atoms with E-state index < -0.39 is 0 Å². The third-order valence-corrected chi connectivity index (χ3v) is 6.19. The molecule has 1 atom stereocenters. The number of piperidine rings is 1. The van der Waals surface area contributed by atoms with Gasteiger partial charge < -0.3 is 19.8 Å². The van der Waals surface area contributed by atoms with Crippen LogP contribution in [-0.4, -0.2) is 66.0 Å². The second-order valence-corrected chi connectivity index (χ2v) is 8.42. The predicted octanol–water partition coefficient (Wildman–Crippen LogP) is 2.66. The van der Waals surface area contributed by atoms with Gasteiger partial charge in [-0.25, -0.2) is 0 Å². The molecule has 4 heterocycles. The molecule has 2 aliphatic heterocycles. The van der Waals surface area contributed by atoms with Crippen LogP contribution in [0.5, 0.6) is 11.5 Å². The molecule has 0 radical (unpaired) electrons. The van der Waals surface area contributed by atoms with E-state index in [1.54, 1.807) is 24.4 Å². The predicted molar refractivity (Wildman–Crippen MR) is 119 cm³/mol. The number of likely N-dealkylation sites (tertiary alicyclic amines) is 1. The lowest BCUT2D eigenvalue weighted by molar-refractivity contribution is 0.0490. The van der Waals surface area contributed by atoms with Crippen LogP contribution in [0.25, 0.3) is 10.9 Å². The first-order valence-corrected chi connectivity index (χ1v) is 11.0. The number of benzene rings is 1. The number of amides is 1. The largest absolute Gasteiger partial charge is 0.486 e. The number of aldehydes is 1. The number of hydrogen-bond acceptors (Lipinski definition) is 6. The minimum absolute atomic E-state index is 0.0666. The number of nitrogens with zero attached hydrogens (tertiary/aromatic N) is 2. The van der Waals surface area contributed by atoms with Crippen LogP contribution in [0.4, 0.5) is 0 Å². The standard InChI is InChI=1S/C24H26N4O4/c29-14-17-11-19-20(27-17)4-5-22-23(19)32-18(15-31-22)13-28-9-6-16(7-10-28)12-26-24(30)21-3-1-2-8-25-21/h1-5,8,11,14,16,18,27H,6-7,9-10,12-13,15H2,(H,26,30). The summed E-state index contributed by atoms with van der Waals surface area (Å²) >= 11 is 0. The highest BCUT2D eigenvalue weighted by molar-refractivity contribution is 5.94. The molecule has 1 amide bonds. The van der Waals surface area contributed by atoms with Crippen molar-refractivity contribution in [2.75, 3.05) is 32.8 Å². The summed E-state index contributed by atoms with van der Waals surface area (Å²) in [6.45, 7) is 3.88. The van der Waals surface area contributed by atoms with Crippen LogP contribution in [0.2, 0.25) is 0 Å². The summed E-state index contributed by atoms with van der Waals surface area (Å²) in [7, 11) is 0. The zero-order chi connectivity index (χ0) is 21.9. The van der Waals surface area contributed by atoms with Gasteiger partial charge in [-0.05, 0) is 62.2 Å². The Labute approximate surface area is 185 Å². The highest BCUT2D eigenvalue weighted by atomic mass is 16.6. The van der Waals surface area contributed by atoms with Crippen LogP contribution in [0.15, 0.2) is 42.6 Å². The van der Waals surface area contributed by atoms with Crippen molar-refractivity contribution in [1.29, 1.82) is 0 Å². The SMILES string of the molecule is O=Cc1cc2c3c(ccc2[nH]1)OCC(CN1CCC(CNC(=O)c2ccccn2)CC1)O3. The van der Waals surface area contributed by atoms with E-state index in [0.717, 1.165) is 49.7 Å². The van der Waals surface area contributed by atoms with Crippen LogP contribution >= 0.6 is 0 Å². The summed E-state index contributed by atoms with van der Waals surface area (Å²) < 4.78 is 12.2. The summed E-state index contributed by atoms with van der Waals surface area (Å²) in [4.78, 5) is 32.9. The van der Waals surface area contributed by atoms with Gasteiger partial charge in [0.15, 0.2) is 17.8 Å². The average Bonchev–Trinajstić information content (AvgIpc) is 3.28. The Morgan fingerprint density at radius 3 is 2.91 bits per heavy atom. The van der Waals surface area contributed by atoms with Crippen LogP contribution in [0, 0.1) is 5.92 Å². The van der Waals surface area contributed by atoms with E-state index in [9.17, 15) is 9.59 Å². The van der Waals surface area contributed by atoms with Gasteiger partial charge in [0.1, 0.15) is 18.4 Å². The Morgan fingerprint density at radius 2 is 2.12 bits per heavy atom. The fourth-order valence-corrected chi connectivity index (χ4v) is 4.44. The monoisotopic (exact) mass is 434 g/mol. The topological polar surface area (TPSA) is 96.6 Å². The molecule has 0 aliphatic carbocycles. The summed E-state index contributed by atoms with van der Waals surface area (Å²) in [5.74, 6) is 1.76. The summed E-state index contributed by atoms with van der Waals surface area (Å²) in [5.41, 5.74) is 1.84. The van der Waals surface area contributed by atoms with E-state index in [2.05, 4.69) is 20.2 Å². The lowest BCUT2D eigenvalue weighted by atomic mass is 9.96. The maximum Gasteiger partial charge on any atom is 0.269 e. The van der Waals surface area contributed by atoms with E-state index in [4.69, 9.17) is 9.47 Å². The molecule has 2 N–H and O–H groups in total. The van der Waals surface area contributed by atoms with Crippen molar-refractivity contribution in [3.05, 3.63) is 54.0 Å². The van der Waals surface area contributed by atoms with Crippen molar-refractivity contribution in [3.8, 4) is 11.5 Å². The van der Waals surface area contributed by atoms with E-state index in [1.807, 2.05) is 18.2 Å². The van der Waals surface area contributed by atoms with Gasteiger partial charge in [-0.1, -0.05) is 6.07 Å². The quantitative estimate of drug-likeness (QED) is 0.579. The van der Waals surface area contributed by atoms with E-state index in [1.165, 1.54) is 0 Å². The molecular formula is C24H26N4O4. The van der Waals surface area contributed by atoms with Crippen molar-refractivity contribution >= 4 is 23.1 Å². The van der Waals surface area contributed by atoms with E-state index in [-0.39, 0.29) is 12.0 Å². The van der Waals surface area contributed by atoms with Gasteiger partial charge in [-0.15, -0.1) is 0 Å². The lowest BCUT2D eigenvalue weighted by Gasteiger charge is -2.35. The number of carbonyl (C=O) groups is 2. The molecule has 1 saturated heterocycles. The lowest BCUT2D eigenvalue weighted by Crippen LogP contribution is -2.45. The Bertz CT molecular complexity index is 1110. The highest BCUT2D eigenvalue weighted by Crippen LogP contribution is 2.39. The molecule has 5 rings (SSSR count). The summed E-state index contributed by atoms with van der Waals surface area (Å²) in [6, 6.07) is 10.9. The first-order valence-electron chi connectivity index (χ1n) is 11.0. The van der Waals surface area contributed by atoms with Crippen molar-refractivity contribution in [3.63, 3.8) is 0 Å². The molecule has 32 heavy (non-hydrogen) atoms. The number of carbonyl (C=O) groups excluding carboxylic acids is 2. The van der Waals surface area contributed by atoms with Gasteiger partial charge >= 0.3 is 0 Å². The van der Waals surface area contributed by atoms with E-state index >= 15 is 0 Å². The molecule has 3 aromatic rings. The van der Waals surface area contributed by atoms with Gasteiger partial charge in [0.05, 0.1) is 5.69 Å². The first-order chi connectivity index (χ1) is 15.7. The molecule has 0 spiro atoms. The zero-order valence-electron chi connectivity index (χ0n) is 17.8. The maximum absolute atomic E-state index is 12.2. The number of hydrogen-bond donors (Lipinski definition) is 2. The zero-order valence-corrected chi connectivity index (χ0v) is 17.8. The summed E-state index contributed by atoms with van der Waals surface area (Å²) in [6.07, 6.45) is 4.42. The maximum atomic E-state index is 12.2. The van der Waals surface area contributed by atoms with Gasteiger partial charge in [0, 0.05) is 30.2 Å². The first kappa shape index (κ1) is 20.5.